The van der Waals surface area contributed by atoms with Gasteiger partial charge in [-0.25, -0.2) is 0 Å². The van der Waals surface area contributed by atoms with E-state index in [0.717, 1.165) is 28.7 Å². The molecule has 2 aromatic carbocycles. The third-order valence-electron chi connectivity index (χ3n) is 4.28. The Morgan fingerprint density at radius 2 is 1.46 bits per heavy atom. The molecule has 0 radical (unpaired) electrons. The molecule has 1 unspecified atom stereocenters. The summed E-state index contributed by atoms with van der Waals surface area (Å²) in [6.45, 7) is 0. The van der Waals surface area contributed by atoms with Crippen LogP contribution in [0.25, 0.3) is 12.2 Å². The molecule has 124 valence electrons. The van der Waals surface area contributed by atoms with E-state index < -0.39 is 10.8 Å². The van der Waals surface area contributed by atoms with Gasteiger partial charge < -0.3 is 5.73 Å². The Balaban J connectivity index is 1.89. The molecule has 1 atom stereocenters. The summed E-state index contributed by atoms with van der Waals surface area (Å²) in [5, 5.41) is -0.138. The quantitative estimate of drug-likeness (QED) is 0.816. The first-order valence-corrected chi connectivity index (χ1v) is 9.56. The van der Waals surface area contributed by atoms with E-state index >= 15 is 0 Å². The van der Waals surface area contributed by atoms with E-state index in [-0.39, 0.29) is 11.2 Å². The Morgan fingerprint density at radius 1 is 0.917 bits per heavy atom. The fourth-order valence-electron chi connectivity index (χ4n) is 3.09. The molecule has 0 heterocycles. The first-order valence-electron chi connectivity index (χ1n) is 8.18. The second-order valence-corrected chi connectivity index (χ2v) is 7.62. The van der Waals surface area contributed by atoms with Crippen molar-refractivity contribution in [3.8, 4) is 0 Å². The minimum Gasteiger partial charge on any atom is -0.370 e. The van der Waals surface area contributed by atoms with E-state index in [1.165, 1.54) is 0 Å². The van der Waals surface area contributed by atoms with Crippen LogP contribution in [-0.2, 0) is 15.6 Å². The number of hydrogen-bond acceptors (Lipinski definition) is 2. The molecule has 24 heavy (non-hydrogen) atoms. The number of benzene rings is 2. The number of unbranched alkanes of at least 4 members (excludes halogenated alkanes) is 1. The van der Waals surface area contributed by atoms with Gasteiger partial charge in [0.15, 0.2) is 0 Å². The van der Waals surface area contributed by atoms with Crippen LogP contribution >= 0.6 is 0 Å². The molecule has 3 nitrogen and oxygen atoms in total. The topological polar surface area (TPSA) is 60.2 Å². The van der Waals surface area contributed by atoms with Crippen LogP contribution in [0.1, 0.15) is 46.8 Å². The summed E-state index contributed by atoms with van der Waals surface area (Å²) in [6.07, 6.45) is 5.98. The van der Waals surface area contributed by atoms with Gasteiger partial charge >= 0.3 is 0 Å². The molecule has 0 spiro atoms. The molecule has 1 amide bonds. The molecule has 0 fully saturated rings. The van der Waals surface area contributed by atoms with Crippen LogP contribution in [0.3, 0.4) is 0 Å². The van der Waals surface area contributed by atoms with E-state index in [1.54, 1.807) is 0 Å². The normalized spacial score (nSPS) is 14.5. The molecule has 1 aliphatic carbocycles. The number of amides is 1. The van der Waals surface area contributed by atoms with Gasteiger partial charge in [0, 0.05) is 23.0 Å². The molecular weight excluding hydrogens is 318 g/mol. The second-order valence-electron chi connectivity index (χ2n) is 5.98. The second kappa shape index (κ2) is 7.58. The van der Waals surface area contributed by atoms with Gasteiger partial charge in [0.1, 0.15) is 0 Å². The number of primary amides is 1. The smallest absolute Gasteiger partial charge is 0.217 e. The van der Waals surface area contributed by atoms with E-state index in [4.69, 9.17) is 5.73 Å². The van der Waals surface area contributed by atoms with E-state index in [1.807, 2.05) is 24.3 Å². The lowest BCUT2D eigenvalue weighted by Gasteiger charge is -2.20. The highest BCUT2D eigenvalue weighted by atomic mass is 32.2. The van der Waals surface area contributed by atoms with Crippen LogP contribution in [0.4, 0.5) is 0 Å². The van der Waals surface area contributed by atoms with Crippen molar-refractivity contribution in [1.29, 1.82) is 0 Å². The van der Waals surface area contributed by atoms with E-state index in [0.29, 0.717) is 18.6 Å². The SMILES string of the molecule is NC(=O)CCCCS(=O)C1c2ccccc2C=Cc2ccccc21. The Labute approximate surface area is 145 Å². The van der Waals surface area contributed by atoms with Crippen molar-refractivity contribution in [3.63, 3.8) is 0 Å². The Morgan fingerprint density at radius 3 is 2.00 bits per heavy atom. The van der Waals surface area contributed by atoms with Gasteiger partial charge in [-0.3, -0.25) is 9.00 Å². The Hall–Kier alpha value is -2.20. The molecule has 0 aromatic heterocycles. The van der Waals surface area contributed by atoms with Crippen LogP contribution in [0.5, 0.6) is 0 Å². The van der Waals surface area contributed by atoms with Gasteiger partial charge in [0.2, 0.25) is 5.91 Å². The van der Waals surface area contributed by atoms with Gasteiger partial charge in [0.05, 0.1) is 5.25 Å². The minimum absolute atomic E-state index is 0.138. The minimum atomic E-state index is -1.05. The Kier molecular flexibility index (Phi) is 5.26. The standard InChI is InChI=1S/C20H21NO2S/c21-19(22)11-5-6-14-24(23)20-17-9-3-1-7-15(17)12-13-16-8-2-4-10-18(16)20/h1-4,7-10,12-13,20H,5-6,11,14H2,(H2,21,22). The fourth-order valence-corrected chi connectivity index (χ4v) is 4.81. The van der Waals surface area contributed by atoms with Crippen molar-refractivity contribution in [2.24, 2.45) is 5.73 Å². The summed E-state index contributed by atoms with van der Waals surface area (Å²) >= 11 is 0. The zero-order valence-electron chi connectivity index (χ0n) is 13.5. The summed E-state index contributed by atoms with van der Waals surface area (Å²) in [7, 11) is -1.05. The fraction of sp³-hybridized carbons (Fsp3) is 0.250. The number of fused-ring (bicyclic) bond motifs is 2. The molecule has 0 saturated heterocycles. The lowest BCUT2D eigenvalue weighted by Crippen LogP contribution is -2.14. The van der Waals surface area contributed by atoms with Crippen molar-refractivity contribution in [2.75, 3.05) is 5.75 Å². The molecule has 0 bridgehead atoms. The van der Waals surface area contributed by atoms with E-state index in [2.05, 4.69) is 36.4 Å². The number of nitrogens with two attached hydrogens (primary N) is 1. The third kappa shape index (κ3) is 3.65. The van der Waals surface area contributed by atoms with Crippen LogP contribution in [0, 0.1) is 0 Å². The average molecular weight is 339 g/mol. The van der Waals surface area contributed by atoms with E-state index in [9.17, 15) is 9.00 Å². The van der Waals surface area contributed by atoms with Crippen molar-refractivity contribution in [2.45, 2.75) is 24.5 Å². The highest BCUT2D eigenvalue weighted by Gasteiger charge is 2.26. The monoisotopic (exact) mass is 339 g/mol. The predicted octanol–water partition coefficient (Wildman–Crippen LogP) is 3.66. The molecule has 4 heteroatoms. The number of carbonyl (C=O) groups is 1. The lowest BCUT2D eigenvalue weighted by molar-refractivity contribution is -0.118. The maximum atomic E-state index is 13.1. The zero-order chi connectivity index (χ0) is 16.9. The average Bonchev–Trinajstić information content (AvgIpc) is 2.75. The van der Waals surface area contributed by atoms with Crippen LogP contribution in [0.2, 0.25) is 0 Å². The van der Waals surface area contributed by atoms with Crippen molar-refractivity contribution >= 4 is 28.9 Å². The number of hydrogen-bond donors (Lipinski definition) is 1. The molecule has 0 aliphatic heterocycles. The first-order chi connectivity index (χ1) is 11.7. The van der Waals surface area contributed by atoms with Crippen LogP contribution in [-0.4, -0.2) is 15.9 Å². The summed E-state index contributed by atoms with van der Waals surface area (Å²) in [5.74, 6) is 0.274. The van der Waals surface area contributed by atoms with Gasteiger partial charge in [-0.15, -0.1) is 0 Å². The predicted molar refractivity (Wildman–Crippen MR) is 99.7 cm³/mol. The molecular formula is C20H21NO2S. The summed E-state index contributed by atoms with van der Waals surface area (Å²) in [4.78, 5) is 10.9. The molecule has 3 rings (SSSR count). The maximum absolute atomic E-state index is 13.1. The molecule has 1 aliphatic rings. The highest BCUT2D eigenvalue weighted by molar-refractivity contribution is 7.85. The molecule has 2 N–H and O–H groups in total. The van der Waals surface area contributed by atoms with Crippen molar-refractivity contribution in [3.05, 3.63) is 70.8 Å². The van der Waals surface area contributed by atoms with Crippen molar-refractivity contribution < 1.29 is 9.00 Å². The lowest BCUT2D eigenvalue weighted by atomic mass is 9.99. The maximum Gasteiger partial charge on any atom is 0.217 e. The third-order valence-corrected chi connectivity index (χ3v) is 6.01. The zero-order valence-corrected chi connectivity index (χ0v) is 14.3. The molecule has 2 aromatic rings. The summed E-state index contributed by atoms with van der Waals surface area (Å²) in [6, 6.07) is 16.3. The van der Waals surface area contributed by atoms with Crippen LogP contribution < -0.4 is 5.73 Å². The molecule has 0 saturated carbocycles. The number of rotatable bonds is 6. The van der Waals surface area contributed by atoms with Gasteiger partial charge in [-0.05, 0) is 35.1 Å². The first kappa shape index (κ1) is 16.7. The largest absolute Gasteiger partial charge is 0.370 e. The summed E-state index contributed by atoms with van der Waals surface area (Å²) < 4.78 is 13.1. The Bertz CT molecular complexity index is 748. The van der Waals surface area contributed by atoms with Gasteiger partial charge in [-0.1, -0.05) is 60.7 Å². The van der Waals surface area contributed by atoms with Gasteiger partial charge in [0.25, 0.3) is 0 Å². The van der Waals surface area contributed by atoms with Crippen molar-refractivity contribution in [1.82, 2.24) is 0 Å². The van der Waals surface area contributed by atoms with Crippen LogP contribution in [0.15, 0.2) is 48.5 Å². The number of carbonyl (C=O) groups excluding carboxylic acids is 1. The summed E-state index contributed by atoms with van der Waals surface area (Å²) in [5.41, 5.74) is 9.61. The highest BCUT2D eigenvalue weighted by Crippen LogP contribution is 2.37. The van der Waals surface area contributed by atoms with Gasteiger partial charge in [-0.2, -0.15) is 0 Å².